The van der Waals surface area contributed by atoms with Crippen LogP contribution in [0, 0.1) is 3.57 Å². The molecule has 1 amide bonds. The fourth-order valence-corrected chi connectivity index (χ4v) is 2.32. The van der Waals surface area contributed by atoms with Gasteiger partial charge in [-0.2, -0.15) is 0 Å². The van der Waals surface area contributed by atoms with Crippen molar-refractivity contribution in [2.75, 3.05) is 13.6 Å². The predicted octanol–water partition coefficient (Wildman–Crippen LogP) is 1.60. The van der Waals surface area contributed by atoms with Crippen LogP contribution in [-0.4, -0.2) is 41.6 Å². The smallest absolute Gasteiger partial charge is 0.339 e. The lowest BCUT2D eigenvalue weighted by molar-refractivity contribution is -0.132. The van der Waals surface area contributed by atoms with E-state index in [4.69, 9.17) is 9.84 Å². The van der Waals surface area contributed by atoms with E-state index in [1.807, 2.05) is 22.6 Å². The summed E-state index contributed by atoms with van der Waals surface area (Å²) in [6.45, 7) is 0.635. The van der Waals surface area contributed by atoms with E-state index < -0.39 is 12.1 Å². The Labute approximate surface area is 118 Å². The van der Waals surface area contributed by atoms with Gasteiger partial charge in [-0.3, -0.25) is 4.79 Å². The highest BCUT2D eigenvalue weighted by Gasteiger charge is 2.31. The molecule has 1 saturated heterocycles. The Morgan fingerprint density at radius 1 is 1.56 bits per heavy atom. The lowest BCUT2D eigenvalue weighted by Crippen LogP contribution is -2.29. The van der Waals surface area contributed by atoms with Crippen molar-refractivity contribution in [1.29, 1.82) is 0 Å². The first-order valence-corrected chi connectivity index (χ1v) is 6.51. The van der Waals surface area contributed by atoms with Crippen LogP contribution in [-0.2, 0) is 4.79 Å². The molecule has 6 heteroatoms. The molecule has 1 atom stereocenters. The number of ether oxygens (including phenoxy) is 1. The van der Waals surface area contributed by atoms with Crippen molar-refractivity contribution in [2.45, 2.75) is 12.5 Å². The van der Waals surface area contributed by atoms with Crippen molar-refractivity contribution in [3.05, 3.63) is 27.3 Å². The molecule has 0 radical (unpaired) electrons. The van der Waals surface area contributed by atoms with Gasteiger partial charge in [0.1, 0.15) is 11.3 Å². The molecular weight excluding hydrogens is 349 g/mol. The van der Waals surface area contributed by atoms with Gasteiger partial charge in [-0.25, -0.2) is 4.79 Å². The Bertz CT molecular complexity index is 503. The molecule has 1 aliphatic heterocycles. The maximum atomic E-state index is 11.7. The number of carboxylic acid groups (broad SMARTS) is 1. The SMILES string of the molecule is CN1CCC(Oc2ccc(I)cc2C(=O)O)C1=O. The molecule has 5 nitrogen and oxygen atoms in total. The molecular formula is C12H12INO4. The van der Waals surface area contributed by atoms with Gasteiger partial charge in [-0.05, 0) is 40.8 Å². The molecule has 18 heavy (non-hydrogen) atoms. The van der Waals surface area contributed by atoms with Crippen LogP contribution in [0.4, 0.5) is 0 Å². The Hall–Kier alpha value is -1.31. The van der Waals surface area contributed by atoms with Crippen molar-refractivity contribution >= 4 is 34.5 Å². The molecule has 0 spiro atoms. The first-order valence-electron chi connectivity index (χ1n) is 5.43. The van der Waals surface area contributed by atoms with E-state index in [0.29, 0.717) is 13.0 Å². The second-order valence-corrected chi connectivity index (χ2v) is 5.35. The summed E-state index contributed by atoms with van der Waals surface area (Å²) in [5.41, 5.74) is 0.0873. The third kappa shape index (κ3) is 2.58. The van der Waals surface area contributed by atoms with Crippen LogP contribution in [0.3, 0.4) is 0 Å². The van der Waals surface area contributed by atoms with Gasteiger partial charge in [0.2, 0.25) is 0 Å². The van der Waals surface area contributed by atoms with E-state index in [2.05, 4.69) is 0 Å². The first-order chi connectivity index (χ1) is 8.49. The number of carbonyl (C=O) groups is 2. The minimum Gasteiger partial charge on any atom is -0.480 e. The molecule has 0 aromatic heterocycles. The number of carboxylic acids is 1. The van der Waals surface area contributed by atoms with E-state index in [-0.39, 0.29) is 17.2 Å². The van der Waals surface area contributed by atoms with Crippen LogP contribution in [0.25, 0.3) is 0 Å². The molecule has 96 valence electrons. The van der Waals surface area contributed by atoms with Gasteiger partial charge >= 0.3 is 5.97 Å². The van der Waals surface area contributed by atoms with E-state index >= 15 is 0 Å². The second-order valence-electron chi connectivity index (χ2n) is 4.10. The maximum absolute atomic E-state index is 11.7. The highest BCUT2D eigenvalue weighted by molar-refractivity contribution is 14.1. The molecule has 0 aliphatic carbocycles. The number of rotatable bonds is 3. The van der Waals surface area contributed by atoms with E-state index in [9.17, 15) is 9.59 Å². The Morgan fingerprint density at radius 2 is 2.28 bits per heavy atom. The van der Waals surface area contributed by atoms with E-state index in [1.54, 1.807) is 24.1 Å². The van der Waals surface area contributed by atoms with E-state index in [0.717, 1.165) is 3.57 Å². The summed E-state index contributed by atoms with van der Waals surface area (Å²) in [4.78, 5) is 24.4. The van der Waals surface area contributed by atoms with Crippen molar-refractivity contribution in [3.8, 4) is 5.75 Å². The zero-order chi connectivity index (χ0) is 13.3. The molecule has 1 fully saturated rings. The van der Waals surface area contributed by atoms with Crippen LogP contribution >= 0.6 is 22.6 Å². The summed E-state index contributed by atoms with van der Waals surface area (Å²) in [6.07, 6.45) is 0.00793. The summed E-state index contributed by atoms with van der Waals surface area (Å²) in [5.74, 6) is -0.913. The number of likely N-dealkylation sites (tertiary alicyclic amines) is 1. The first kappa shape index (κ1) is 13.1. The summed E-state index contributed by atoms with van der Waals surface area (Å²) in [6, 6.07) is 4.88. The third-order valence-electron chi connectivity index (χ3n) is 2.82. The van der Waals surface area contributed by atoms with Gasteiger partial charge in [0, 0.05) is 23.6 Å². The minimum absolute atomic E-state index is 0.0873. The van der Waals surface area contributed by atoms with Crippen LogP contribution in [0.5, 0.6) is 5.75 Å². The van der Waals surface area contributed by atoms with Gasteiger partial charge in [0.05, 0.1) is 0 Å². The van der Waals surface area contributed by atoms with Crippen molar-refractivity contribution in [3.63, 3.8) is 0 Å². The monoisotopic (exact) mass is 361 g/mol. The lowest BCUT2D eigenvalue weighted by Gasteiger charge is -2.14. The maximum Gasteiger partial charge on any atom is 0.339 e. The number of carbonyl (C=O) groups excluding carboxylic acids is 1. The Kier molecular flexibility index (Phi) is 3.74. The number of amides is 1. The molecule has 1 unspecified atom stereocenters. The Balaban J connectivity index is 2.24. The van der Waals surface area contributed by atoms with Gasteiger partial charge in [0.15, 0.2) is 6.10 Å². The minimum atomic E-state index is -1.05. The van der Waals surface area contributed by atoms with Gasteiger partial charge in [0.25, 0.3) is 5.91 Å². The number of benzene rings is 1. The number of hydrogen-bond donors (Lipinski definition) is 1. The predicted molar refractivity (Wildman–Crippen MR) is 72.8 cm³/mol. The Morgan fingerprint density at radius 3 is 2.83 bits per heavy atom. The van der Waals surface area contributed by atoms with Crippen LogP contribution in [0.2, 0.25) is 0 Å². The zero-order valence-corrected chi connectivity index (χ0v) is 11.9. The molecule has 0 saturated carbocycles. The van der Waals surface area contributed by atoms with Crippen LogP contribution < -0.4 is 4.74 Å². The number of halogens is 1. The van der Waals surface area contributed by atoms with E-state index in [1.165, 1.54) is 6.07 Å². The fourth-order valence-electron chi connectivity index (χ4n) is 1.83. The van der Waals surface area contributed by atoms with Crippen molar-refractivity contribution < 1.29 is 19.4 Å². The molecule has 1 heterocycles. The molecule has 1 aromatic rings. The molecule has 1 aromatic carbocycles. The topological polar surface area (TPSA) is 66.8 Å². The van der Waals surface area contributed by atoms with Crippen LogP contribution in [0.15, 0.2) is 18.2 Å². The second kappa shape index (κ2) is 5.13. The molecule has 1 aliphatic rings. The van der Waals surface area contributed by atoms with Gasteiger partial charge in [-0.1, -0.05) is 0 Å². The quantitative estimate of drug-likeness (QED) is 0.831. The number of hydrogen-bond acceptors (Lipinski definition) is 3. The summed E-state index contributed by atoms with van der Waals surface area (Å²) in [5, 5.41) is 9.10. The number of nitrogens with zero attached hydrogens (tertiary/aromatic N) is 1. The van der Waals surface area contributed by atoms with Crippen molar-refractivity contribution in [1.82, 2.24) is 4.90 Å². The summed E-state index contributed by atoms with van der Waals surface area (Å²) >= 11 is 2.03. The van der Waals surface area contributed by atoms with Gasteiger partial charge < -0.3 is 14.7 Å². The normalized spacial score (nSPS) is 19.1. The molecule has 0 bridgehead atoms. The average Bonchev–Trinajstić information content (AvgIpc) is 2.63. The zero-order valence-electron chi connectivity index (χ0n) is 9.72. The highest BCUT2D eigenvalue weighted by Crippen LogP contribution is 2.25. The largest absolute Gasteiger partial charge is 0.480 e. The standard InChI is InChI=1S/C12H12INO4/c1-14-5-4-10(11(14)15)18-9-3-2-7(13)6-8(9)12(16)17/h2-3,6,10H,4-5H2,1H3,(H,16,17). The third-order valence-corrected chi connectivity index (χ3v) is 3.49. The lowest BCUT2D eigenvalue weighted by atomic mass is 10.2. The summed E-state index contributed by atoms with van der Waals surface area (Å²) in [7, 11) is 1.71. The molecule has 1 N–H and O–H groups in total. The average molecular weight is 361 g/mol. The fraction of sp³-hybridized carbons (Fsp3) is 0.333. The molecule has 2 rings (SSSR count). The van der Waals surface area contributed by atoms with Gasteiger partial charge in [-0.15, -0.1) is 0 Å². The van der Waals surface area contributed by atoms with Crippen LogP contribution in [0.1, 0.15) is 16.8 Å². The summed E-state index contributed by atoms with van der Waals surface area (Å²) < 4.78 is 6.34. The highest BCUT2D eigenvalue weighted by atomic mass is 127. The number of likely N-dealkylation sites (N-methyl/N-ethyl adjacent to an activating group) is 1. The number of aromatic carboxylic acids is 1. The van der Waals surface area contributed by atoms with Crippen molar-refractivity contribution in [2.24, 2.45) is 0 Å².